The van der Waals surface area contributed by atoms with E-state index in [4.69, 9.17) is 5.11 Å². The van der Waals surface area contributed by atoms with E-state index in [0.717, 1.165) is 0 Å². The van der Waals surface area contributed by atoms with Crippen LogP contribution in [0.25, 0.3) is 0 Å². The molecule has 1 atom stereocenters. The first kappa shape index (κ1) is 14.6. The van der Waals surface area contributed by atoms with Crippen LogP contribution in [0.2, 0.25) is 0 Å². The fraction of sp³-hybridized carbons (Fsp3) is 0.333. The van der Waals surface area contributed by atoms with Crippen molar-refractivity contribution >= 4 is 0 Å². The van der Waals surface area contributed by atoms with E-state index in [1.54, 1.807) is 0 Å². The summed E-state index contributed by atoms with van der Waals surface area (Å²) in [5.41, 5.74) is 1.03. The van der Waals surface area contributed by atoms with Crippen molar-refractivity contribution in [3.63, 3.8) is 0 Å². The summed E-state index contributed by atoms with van der Waals surface area (Å²) in [4.78, 5) is 0. The minimum Gasteiger partial charge on any atom is -0.505 e. The zero-order chi connectivity index (χ0) is 14.3. The number of alkyl halides is 6. The smallest absolute Gasteiger partial charge is 0.416 e. The van der Waals surface area contributed by atoms with E-state index in [1.807, 2.05) is 0 Å². The third-order valence-corrected chi connectivity index (χ3v) is 2.14. The molecule has 0 saturated heterocycles. The number of benzene rings is 1. The maximum Gasteiger partial charge on any atom is 0.416 e. The molecule has 0 spiro atoms. The van der Waals surface area contributed by atoms with Gasteiger partial charge in [0.05, 0.1) is 5.56 Å². The van der Waals surface area contributed by atoms with E-state index < -0.39 is 41.1 Å². The molecule has 0 fully saturated rings. The van der Waals surface area contributed by atoms with Crippen LogP contribution in [0, 0.1) is 5.82 Å². The largest absolute Gasteiger partial charge is 0.505 e. The van der Waals surface area contributed by atoms with Gasteiger partial charge < -0.3 is 10.8 Å². The minimum atomic E-state index is -5.24. The molecular formula is C9H6F7NO. The van der Waals surface area contributed by atoms with Gasteiger partial charge >= 0.3 is 12.4 Å². The van der Waals surface area contributed by atoms with Gasteiger partial charge in [-0.25, -0.2) is 4.39 Å². The van der Waals surface area contributed by atoms with Crippen molar-refractivity contribution < 1.29 is 35.8 Å². The average molecular weight is 277 g/mol. The summed E-state index contributed by atoms with van der Waals surface area (Å²) in [5.74, 6) is -3.37. The van der Waals surface area contributed by atoms with E-state index in [-0.39, 0.29) is 12.1 Å². The number of aromatic hydroxyl groups is 1. The van der Waals surface area contributed by atoms with Gasteiger partial charge in [0.25, 0.3) is 0 Å². The zero-order valence-electron chi connectivity index (χ0n) is 8.40. The second-order valence-electron chi connectivity index (χ2n) is 3.37. The lowest BCUT2D eigenvalue weighted by Crippen LogP contribution is -2.31. The number of phenols is 1. The molecule has 0 aliphatic heterocycles. The number of hydrogen-bond donors (Lipinski definition) is 2. The lowest BCUT2D eigenvalue weighted by Gasteiger charge is -2.21. The van der Waals surface area contributed by atoms with Crippen molar-refractivity contribution in [3.05, 3.63) is 29.1 Å². The molecule has 102 valence electrons. The quantitative estimate of drug-likeness (QED) is 0.775. The van der Waals surface area contributed by atoms with Crippen LogP contribution < -0.4 is 5.73 Å². The second kappa shape index (κ2) is 4.30. The van der Waals surface area contributed by atoms with Gasteiger partial charge in [0.15, 0.2) is 11.6 Å². The van der Waals surface area contributed by atoms with Gasteiger partial charge in [0.2, 0.25) is 0 Å². The van der Waals surface area contributed by atoms with Crippen molar-refractivity contribution in [1.82, 2.24) is 0 Å². The molecule has 0 bridgehead atoms. The Bertz CT molecular complexity index is 451. The molecule has 0 aliphatic rings. The van der Waals surface area contributed by atoms with E-state index in [9.17, 15) is 30.7 Å². The van der Waals surface area contributed by atoms with E-state index >= 15 is 0 Å². The Balaban J connectivity index is 3.53. The summed E-state index contributed by atoms with van der Waals surface area (Å²) in [6, 6.07) is -2.83. The molecular weight excluding hydrogens is 271 g/mol. The van der Waals surface area contributed by atoms with E-state index in [1.165, 1.54) is 0 Å². The maximum atomic E-state index is 12.9. The zero-order valence-corrected chi connectivity index (χ0v) is 8.40. The summed E-state index contributed by atoms with van der Waals surface area (Å²) in [6.07, 6.45) is -10.4. The molecule has 1 aromatic carbocycles. The van der Waals surface area contributed by atoms with Gasteiger partial charge in [-0.05, 0) is 12.1 Å². The number of hydrogen-bond acceptors (Lipinski definition) is 2. The van der Waals surface area contributed by atoms with Crippen LogP contribution in [0.5, 0.6) is 5.75 Å². The Morgan fingerprint density at radius 3 is 1.94 bits per heavy atom. The molecule has 0 radical (unpaired) electrons. The van der Waals surface area contributed by atoms with E-state index in [0.29, 0.717) is 0 Å². The fourth-order valence-electron chi connectivity index (χ4n) is 1.31. The number of phenolic OH excluding ortho intramolecular Hbond substituents is 1. The normalized spacial score (nSPS) is 14.7. The molecule has 18 heavy (non-hydrogen) atoms. The SMILES string of the molecule is N[C@@H](c1c(C(F)(F)F)ccc(F)c1O)C(F)(F)F. The molecule has 1 aromatic rings. The van der Waals surface area contributed by atoms with Crippen molar-refractivity contribution in [3.8, 4) is 5.75 Å². The van der Waals surface area contributed by atoms with Gasteiger partial charge in [0, 0.05) is 5.56 Å². The highest BCUT2D eigenvalue weighted by atomic mass is 19.4. The van der Waals surface area contributed by atoms with Crippen molar-refractivity contribution in [2.24, 2.45) is 5.73 Å². The lowest BCUT2D eigenvalue weighted by atomic mass is 9.98. The van der Waals surface area contributed by atoms with Crippen LogP contribution in [-0.2, 0) is 6.18 Å². The number of halogens is 7. The molecule has 0 heterocycles. The summed E-state index contributed by atoms with van der Waals surface area (Å²) >= 11 is 0. The Morgan fingerprint density at radius 2 is 1.56 bits per heavy atom. The molecule has 0 aliphatic carbocycles. The maximum absolute atomic E-state index is 12.9. The summed E-state index contributed by atoms with van der Waals surface area (Å²) in [6.45, 7) is 0. The summed E-state index contributed by atoms with van der Waals surface area (Å²) in [5, 5.41) is 9.02. The van der Waals surface area contributed by atoms with Gasteiger partial charge in [-0.1, -0.05) is 0 Å². The van der Waals surface area contributed by atoms with Crippen LogP contribution in [-0.4, -0.2) is 11.3 Å². The highest BCUT2D eigenvalue weighted by Gasteiger charge is 2.45. The number of nitrogens with two attached hydrogens (primary N) is 1. The van der Waals surface area contributed by atoms with Crippen molar-refractivity contribution in [2.45, 2.75) is 18.4 Å². The van der Waals surface area contributed by atoms with Gasteiger partial charge in [-0.15, -0.1) is 0 Å². The van der Waals surface area contributed by atoms with Gasteiger partial charge in [-0.3, -0.25) is 0 Å². The lowest BCUT2D eigenvalue weighted by molar-refractivity contribution is -0.156. The Kier molecular flexibility index (Phi) is 3.48. The van der Waals surface area contributed by atoms with Gasteiger partial charge in [0.1, 0.15) is 6.04 Å². The monoisotopic (exact) mass is 277 g/mol. The first-order valence-electron chi connectivity index (χ1n) is 4.37. The summed E-state index contributed by atoms with van der Waals surface area (Å²) < 4.78 is 87.1. The Morgan fingerprint density at radius 1 is 1.06 bits per heavy atom. The fourth-order valence-corrected chi connectivity index (χ4v) is 1.31. The van der Waals surface area contributed by atoms with Crippen LogP contribution in [0.3, 0.4) is 0 Å². The topological polar surface area (TPSA) is 46.2 Å². The van der Waals surface area contributed by atoms with Crippen LogP contribution >= 0.6 is 0 Å². The van der Waals surface area contributed by atoms with Crippen LogP contribution in [0.1, 0.15) is 17.2 Å². The number of rotatable bonds is 1. The predicted octanol–water partition coefficient (Wildman–Crippen LogP) is 3.11. The molecule has 3 N–H and O–H groups in total. The average Bonchev–Trinajstić information content (AvgIpc) is 2.17. The van der Waals surface area contributed by atoms with Crippen molar-refractivity contribution in [2.75, 3.05) is 0 Å². The van der Waals surface area contributed by atoms with E-state index in [2.05, 4.69) is 5.73 Å². The molecule has 2 nitrogen and oxygen atoms in total. The predicted molar refractivity (Wildman–Crippen MR) is 46.1 cm³/mol. The minimum absolute atomic E-state index is 0.0932. The molecule has 0 aromatic heterocycles. The van der Waals surface area contributed by atoms with Crippen molar-refractivity contribution in [1.29, 1.82) is 0 Å². The molecule has 9 heteroatoms. The highest BCUT2D eigenvalue weighted by Crippen LogP contribution is 2.43. The second-order valence-corrected chi connectivity index (χ2v) is 3.37. The highest BCUT2D eigenvalue weighted by molar-refractivity contribution is 5.44. The van der Waals surface area contributed by atoms with Gasteiger partial charge in [-0.2, -0.15) is 26.3 Å². The third kappa shape index (κ3) is 2.66. The van der Waals surface area contributed by atoms with Crippen LogP contribution in [0.15, 0.2) is 12.1 Å². The summed E-state index contributed by atoms with van der Waals surface area (Å²) in [7, 11) is 0. The first-order valence-corrected chi connectivity index (χ1v) is 4.37. The first-order chi connectivity index (χ1) is 7.96. The molecule has 1 rings (SSSR count). The molecule has 0 amide bonds. The third-order valence-electron chi connectivity index (χ3n) is 2.14. The Labute approximate surface area is 95.8 Å². The Hall–Kier alpha value is -1.51. The molecule has 0 unspecified atom stereocenters. The van der Waals surface area contributed by atoms with Crippen LogP contribution in [0.4, 0.5) is 30.7 Å². The standard InChI is InChI=1S/C9H6F7NO/c10-4-2-1-3(8(11,12)13)5(6(4)18)7(17)9(14,15)16/h1-2,7,18H,17H2/t7-/m0/s1. The molecule has 0 saturated carbocycles.